The SMILES string of the molecule is CC(C)(O)C1CC=C(CO)CC1. The lowest BCUT2D eigenvalue weighted by molar-refractivity contribution is 0.0121. The third-order valence-electron chi connectivity index (χ3n) is 2.71. The Kier molecular flexibility index (Phi) is 2.91. The van der Waals surface area contributed by atoms with Crippen LogP contribution in [-0.2, 0) is 0 Å². The standard InChI is InChI=1S/C10H18O2/c1-10(2,12)9-5-3-8(7-11)4-6-9/h3,9,11-12H,4-7H2,1-2H3. The van der Waals surface area contributed by atoms with Crippen LogP contribution in [0.15, 0.2) is 11.6 Å². The van der Waals surface area contributed by atoms with Crippen molar-refractivity contribution in [3.63, 3.8) is 0 Å². The van der Waals surface area contributed by atoms with E-state index in [9.17, 15) is 5.11 Å². The van der Waals surface area contributed by atoms with Crippen LogP contribution in [0.25, 0.3) is 0 Å². The zero-order valence-corrected chi connectivity index (χ0v) is 7.88. The first-order chi connectivity index (χ1) is 5.54. The minimum atomic E-state index is -0.572. The number of aliphatic hydroxyl groups is 2. The van der Waals surface area contributed by atoms with Crippen molar-refractivity contribution in [2.45, 2.75) is 38.7 Å². The van der Waals surface area contributed by atoms with Gasteiger partial charge >= 0.3 is 0 Å². The fraction of sp³-hybridized carbons (Fsp3) is 0.800. The first kappa shape index (κ1) is 9.75. The summed E-state index contributed by atoms with van der Waals surface area (Å²) in [6.07, 6.45) is 4.90. The summed E-state index contributed by atoms with van der Waals surface area (Å²) in [4.78, 5) is 0. The predicted molar refractivity (Wildman–Crippen MR) is 48.8 cm³/mol. The van der Waals surface area contributed by atoms with Crippen LogP contribution in [0.1, 0.15) is 33.1 Å². The molecule has 0 saturated carbocycles. The predicted octanol–water partition coefficient (Wildman–Crippen LogP) is 1.48. The second kappa shape index (κ2) is 3.58. The molecule has 1 atom stereocenters. The van der Waals surface area contributed by atoms with E-state index < -0.39 is 5.60 Å². The van der Waals surface area contributed by atoms with Gasteiger partial charge in [-0.15, -0.1) is 0 Å². The van der Waals surface area contributed by atoms with Gasteiger partial charge in [0.25, 0.3) is 0 Å². The van der Waals surface area contributed by atoms with Gasteiger partial charge in [0.2, 0.25) is 0 Å². The summed E-state index contributed by atoms with van der Waals surface area (Å²) in [6, 6.07) is 0. The van der Waals surface area contributed by atoms with E-state index in [0.29, 0.717) is 5.92 Å². The Hall–Kier alpha value is -0.340. The van der Waals surface area contributed by atoms with E-state index in [2.05, 4.69) is 6.08 Å². The highest BCUT2D eigenvalue weighted by Crippen LogP contribution is 2.31. The van der Waals surface area contributed by atoms with E-state index >= 15 is 0 Å². The van der Waals surface area contributed by atoms with E-state index in [0.717, 1.165) is 24.8 Å². The van der Waals surface area contributed by atoms with Gasteiger partial charge in [-0.05, 0) is 44.6 Å². The van der Waals surface area contributed by atoms with E-state index in [1.807, 2.05) is 13.8 Å². The third kappa shape index (κ3) is 2.32. The van der Waals surface area contributed by atoms with Gasteiger partial charge in [-0.3, -0.25) is 0 Å². The Labute approximate surface area is 73.9 Å². The van der Waals surface area contributed by atoms with Crippen LogP contribution in [0.3, 0.4) is 0 Å². The molecule has 70 valence electrons. The molecule has 2 nitrogen and oxygen atoms in total. The molecule has 2 N–H and O–H groups in total. The molecule has 0 heterocycles. The fourth-order valence-electron chi connectivity index (χ4n) is 1.67. The van der Waals surface area contributed by atoms with Crippen LogP contribution in [-0.4, -0.2) is 22.4 Å². The maximum atomic E-state index is 9.71. The van der Waals surface area contributed by atoms with Gasteiger partial charge in [0.05, 0.1) is 12.2 Å². The summed E-state index contributed by atoms with van der Waals surface area (Å²) in [5, 5.41) is 18.6. The molecule has 1 unspecified atom stereocenters. The molecular formula is C10H18O2. The van der Waals surface area contributed by atoms with Crippen LogP contribution in [0.5, 0.6) is 0 Å². The van der Waals surface area contributed by atoms with Crippen molar-refractivity contribution in [2.24, 2.45) is 5.92 Å². The topological polar surface area (TPSA) is 40.5 Å². The van der Waals surface area contributed by atoms with Crippen LogP contribution in [0.2, 0.25) is 0 Å². The van der Waals surface area contributed by atoms with Gasteiger partial charge < -0.3 is 10.2 Å². The third-order valence-corrected chi connectivity index (χ3v) is 2.71. The van der Waals surface area contributed by atoms with E-state index in [1.54, 1.807) is 0 Å². The van der Waals surface area contributed by atoms with Crippen molar-refractivity contribution in [2.75, 3.05) is 6.61 Å². The minimum Gasteiger partial charge on any atom is -0.392 e. The van der Waals surface area contributed by atoms with Gasteiger partial charge in [0, 0.05) is 0 Å². The number of allylic oxidation sites excluding steroid dienone is 1. The molecule has 0 aromatic heterocycles. The van der Waals surface area contributed by atoms with Crippen molar-refractivity contribution >= 4 is 0 Å². The summed E-state index contributed by atoms with van der Waals surface area (Å²) in [5.74, 6) is 0.354. The van der Waals surface area contributed by atoms with Gasteiger partial charge in [-0.2, -0.15) is 0 Å². The van der Waals surface area contributed by atoms with E-state index in [1.165, 1.54) is 0 Å². The fourth-order valence-corrected chi connectivity index (χ4v) is 1.67. The first-order valence-electron chi connectivity index (χ1n) is 4.55. The van der Waals surface area contributed by atoms with Crippen molar-refractivity contribution < 1.29 is 10.2 Å². The zero-order chi connectivity index (χ0) is 9.19. The Bertz CT molecular complexity index is 177. The second-order valence-electron chi connectivity index (χ2n) is 4.15. The Morgan fingerprint density at radius 2 is 2.25 bits per heavy atom. The van der Waals surface area contributed by atoms with Crippen molar-refractivity contribution in [1.82, 2.24) is 0 Å². The van der Waals surface area contributed by atoms with Gasteiger partial charge in [0.15, 0.2) is 0 Å². The van der Waals surface area contributed by atoms with Gasteiger partial charge in [0.1, 0.15) is 0 Å². The normalized spacial score (nSPS) is 25.3. The van der Waals surface area contributed by atoms with Crippen LogP contribution >= 0.6 is 0 Å². The molecule has 0 aromatic rings. The van der Waals surface area contributed by atoms with Crippen molar-refractivity contribution in [3.05, 3.63) is 11.6 Å². The second-order valence-corrected chi connectivity index (χ2v) is 4.15. The Morgan fingerprint density at radius 1 is 1.58 bits per heavy atom. The van der Waals surface area contributed by atoms with Gasteiger partial charge in [-0.1, -0.05) is 6.08 Å². The van der Waals surface area contributed by atoms with Crippen LogP contribution in [0, 0.1) is 5.92 Å². The molecular weight excluding hydrogens is 152 g/mol. The highest BCUT2D eigenvalue weighted by molar-refractivity contribution is 5.08. The summed E-state index contributed by atoms with van der Waals surface area (Å²) in [6.45, 7) is 3.89. The monoisotopic (exact) mass is 170 g/mol. The quantitative estimate of drug-likeness (QED) is 0.616. The summed E-state index contributed by atoms with van der Waals surface area (Å²) >= 11 is 0. The molecule has 1 aliphatic carbocycles. The highest BCUT2D eigenvalue weighted by Gasteiger charge is 2.27. The smallest absolute Gasteiger partial charge is 0.0641 e. The first-order valence-corrected chi connectivity index (χ1v) is 4.55. The molecule has 2 heteroatoms. The average Bonchev–Trinajstić information content (AvgIpc) is 2.03. The number of hydrogen-bond donors (Lipinski definition) is 2. The number of rotatable bonds is 2. The molecule has 0 spiro atoms. The molecule has 0 aliphatic heterocycles. The summed E-state index contributed by atoms with van der Waals surface area (Å²) in [5.41, 5.74) is 0.549. The Morgan fingerprint density at radius 3 is 2.58 bits per heavy atom. The molecule has 0 aromatic carbocycles. The lowest BCUT2D eigenvalue weighted by Gasteiger charge is -2.31. The minimum absolute atomic E-state index is 0.179. The molecule has 1 rings (SSSR count). The molecule has 0 saturated heterocycles. The van der Waals surface area contributed by atoms with E-state index in [4.69, 9.17) is 5.11 Å². The zero-order valence-electron chi connectivity index (χ0n) is 7.88. The van der Waals surface area contributed by atoms with Gasteiger partial charge in [-0.25, -0.2) is 0 Å². The summed E-state index contributed by atoms with van der Waals surface area (Å²) in [7, 11) is 0. The maximum Gasteiger partial charge on any atom is 0.0641 e. The van der Waals surface area contributed by atoms with Crippen LogP contribution < -0.4 is 0 Å². The molecule has 0 amide bonds. The lowest BCUT2D eigenvalue weighted by atomic mass is 9.80. The molecule has 0 radical (unpaired) electrons. The maximum absolute atomic E-state index is 9.71. The van der Waals surface area contributed by atoms with Crippen LogP contribution in [0.4, 0.5) is 0 Å². The molecule has 12 heavy (non-hydrogen) atoms. The van der Waals surface area contributed by atoms with Crippen molar-refractivity contribution in [1.29, 1.82) is 0 Å². The molecule has 0 bridgehead atoms. The molecule has 0 fully saturated rings. The summed E-state index contributed by atoms with van der Waals surface area (Å²) < 4.78 is 0. The number of aliphatic hydroxyl groups excluding tert-OH is 1. The average molecular weight is 170 g/mol. The lowest BCUT2D eigenvalue weighted by Crippen LogP contribution is -2.31. The molecule has 1 aliphatic rings. The van der Waals surface area contributed by atoms with E-state index in [-0.39, 0.29) is 6.61 Å². The largest absolute Gasteiger partial charge is 0.392 e. The van der Waals surface area contributed by atoms with Crippen molar-refractivity contribution in [3.8, 4) is 0 Å². The number of hydrogen-bond acceptors (Lipinski definition) is 2. The Balaban J connectivity index is 2.52. The highest BCUT2D eigenvalue weighted by atomic mass is 16.3.